The van der Waals surface area contributed by atoms with Gasteiger partial charge in [0.25, 0.3) is 0 Å². The number of benzene rings is 10. The van der Waals surface area contributed by atoms with Gasteiger partial charge in [-0.05, 0) is 181 Å². The van der Waals surface area contributed by atoms with E-state index in [-0.39, 0.29) is 58.5 Å². The van der Waals surface area contributed by atoms with Gasteiger partial charge in [-0.15, -0.1) is 50.3 Å². The first kappa shape index (κ1) is 78.2. The van der Waals surface area contributed by atoms with Gasteiger partial charge >= 0.3 is 0 Å². The Hall–Kier alpha value is -7.23. The third-order valence-corrected chi connectivity index (χ3v) is 15.6. The minimum absolute atomic E-state index is 0. The van der Waals surface area contributed by atoms with E-state index in [1.807, 2.05) is 109 Å². The van der Waals surface area contributed by atoms with Crippen molar-refractivity contribution in [2.24, 2.45) is 0 Å². The lowest BCUT2D eigenvalue weighted by atomic mass is 9.97. The Morgan fingerprint density at radius 1 is 0.280 bits per heavy atom. The maximum Gasteiger partial charge on any atom is 0.126 e. The number of allylic oxidation sites excluding steroid dienone is 4. The minimum atomic E-state index is 0. The van der Waals surface area contributed by atoms with E-state index >= 15 is 0 Å². The second-order valence-corrected chi connectivity index (χ2v) is 23.5. The molecule has 0 heterocycles. The minimum Gasteiger partial charge on any atom is -0.507 e. The predicted molar refractivity (Wildman–Crippen MR) is 415 cm³/mol. The average Bonchev–Trinajstić information content (AvgIpc) is 1.40. The van der Waals surface area contributed by atoms with E-state index in [0.29, 0.717) is 33.4 Å². The molecule has 0 saturated carbocycles. The molecular formula is C76H71Br6IO10. The normalized spacial score (nSPS) is 9.91. The van der Waals surface area contributed by atoms with Crippen LogP contribution in [0, 0.1) is 0 Å². The molecule has 0 bridgehead atoms. The Bertz CT molecular complexity index is 3840. The molecule has 10 aromatic carbocycles. The standard InChI is InChI=1S/C20H22O2.C18H18O2.C14H12Br2O2.C12H8Br2O2.C12H10O2.Br2.HI/c1-5-7-15-9-11-19(21-3)17(13-15)18-14-16(8-6-2)10-12-20(18)22-4;1-3-5-13-7-9-17(19)15(11-13)16-12-14(6-4-2)8-10-18(16)20;1-17-13-5-3-9(15)7-11(13)12-8-10(16)4-6-14(12)18-2;13-7-1-3-11(15)9(5-7)10-6-8(14)2-4-12(10)16;13-11-7-3-1-5-9(11)10-6-2-4-8-12(10)14;1-2;/h5-6,9-14H,1-2,7-8H2,3-4H3;3-4,7-12,19-20H,1-2,5-6H2;3-8H,1-2H3;1-6,15-16H;1-8,13-14H;;1H. The van der Waals surface area contributed by atoms with Crippen LogP contribution in [-0.2, 0) is 25.7 Å². The molecule has 10 aromatic rings. The largest absolute Gasteiger partial charge is 0.507 e. The second-order valence-electron chi connectivity index (χ2n) is 19.8. The average molecular weight is 1750 g/mol. The van der Waals surface area contributed by atoms with E-state index in [9.17, 15) is 30.6 Å². The molecule has 0 atom stereocenters. The molecule has 0 amide bonds. The smallest absolute Gasteiger partial charge is 0.126 e. The highest BCUT2D eigenvalue weighted by Gasteiger charge is 2.16. The molecule has 0 radical (unpaired) electrons. The maximum absolute atomic E-state index is 10.0. The summed E-state index contributed by atoms with van der Waals surface area (Å²) in [6, 6.07) is 59.0. The zero-order valence-electron chi connectivity index (χ0n) is 51.4. The number of halogens is 7. The number of ether oxygens (including phenoxy) is 4. The molecule has 10 nitrogen and oxygen atoms in total. The van der Waals surface area contributed by atoms with Crippen molar-refractivity contribution in [1.29, 1.82) is 0 Å². The van der Waals surface area contributed by atoms with Crippen molar-refractivity contribution in [3.05, 3.63) is 285 Å². The van der Waals surface area contributed by atoms with Crippen LogP contribution in [0.15, 0.2) is 263 Å². The van der Waals surface area contributed by atoms with E-state index in [1.54, 1.807) is 113 Å². The zero-order chi connectivity index (χ0) is 67.3. The van der Waals surface area contributed by atoms with E-state index in [0.717, 1.165) is 100.0 Å². The third kappa shape index (κ3) is 23.0. The highest BCUT2D eigenvalue weighted by atomic mass is 127. The molecule has 10 rings (SSSR count). The number of methoxy groups -OCH3 is 4. The molecule has 0 spiro atoms. The van der Waals surface area contributed by atoms with Gasteiger partial charge in [0.15, 0.2) is 0 Å². The lowest BCUT2D eigenvalue weighted by Gasteiger charge is -2.15. The van der Waals surface area contributed by atoms with Crippen LogP contribution in [-0.4, -0.2) is 59.1 Å². The molecule has 17 heteroatoms. The highest BCUT2D eigenvalue weighted by Crippen LogP contribution is 2.43. The first-order valence-electron chi connectivity index (χ1n) is 28.2. The van der Waals surface area contributed by atoms with Crippen molar-refractivity contribution in [1.82, 2.24) is 0 Å². The van der Waals surface area contributed by atoms with Crippen LogP contribution in [0.1, 0.15) is 22.3 Å². The van der Waals surface area contributed by atoms with Gasteiger partial charge in [0, 0.05) is 102 Å². The SMILES string of the molecule is BrBr.C=CCc1ccc(O)c(-c2cc(CC=C)ccc2O)c1.C=CCc1ccc(OC)c(-c2cc(CC=C)ccc2OC)c1.COc1ccc(Br)cc1-c1cc(Br)ccc1OC.I.Oc1ccc(Br)cc1-c1cc(Br)ccc1O.Oc1ccccc1-c1ccccc1O. The monoisotopic (exact) mass is 1740 g/mol. The van der Waals surface area contributed by atoms with E-state index < -0.39 is 0 Å². The molecule has 93 heavy (non-hydrogen) atoms. The number of para-hydroxylation sites is 2. The summed E-state index contributed by atoms with van der Waals surface area (Å²) < 4.78 is 25.6. The van der Waals surface area contributed by atoms with Crippen LogP contribution in [0.5, 0.6) is 57.5 Å². The molecule has 0 saturated heterocycles. The Morgan fingerprint density at radius 3 is 0.763 bits per heavy atom. The van der Waals surface area contributed by atoms with Crippen molar-refractivity contribution in [2.75, 3.05) is 28.4 Å². The molecule has 0 aromatic heterocycles. The first-order chi connectivity index (χ1) is 44.4. The van der Waals surface area contributed by atoms with Crippen molar-refractivity contribution >= 4 is 116 Å². The maximum atomic E-state index is 10.0. The van der Waals surface area contributed by atoms with Crippen LogP contribution in [0.3, 0.4) is 0 Å². The Labute approximate surface area is 611 Å². The summed E-state index contributed by atoms with van der Waals surface area (Å²) in [5.41, 5.74) is 12.3. The van der Waals surface area contributed by atoms with E-state index in [4.69, 9.17) is 18.9 Å². The number of rotatable bonds is 17. The summed E-state index contributed by atoms with van der Waals surface area (Å²) in [5.74, 6) is 4.23. The molecule has 6 N–H and O–H groups in total. The van der Waals surface area contributed by atoms with Crippen molar-refractivity contribution in [3.8, 4) is 113 Å². The van der Waals surface area contributed by atoms with Crippen LogP contribution in [0.25, 0.3) is 55.6 Å². The molecular weight excluding hydrogens is 1680 g/mol. The summed E-state index contributed by atoms with van der Waals surface area (Å²) >= 11 is 19.1. The summed E-state index contributed by atoms with van der Waals surface area (Å²) in [7, 11) is 6.70. The number of aromatic hydroxyl groups is 6. The summed E-state index contributed by atoms with van der Waals surface area (Å²) in [5, 5.41) is 58.8. The molecule has 0 aliphatic carbocycles. The lowest BCUT2D eigenvalue weighted by Crippen LogP contribution is -1.95. The summed E-state index contributed by atoms with van der Waals surface area (Å²) in [6.45, 7) is 15.0. The number of hydrogen-bond acceptors (Lipinski definition) is 10. The zero-order valence-corrected chi connectivity index (χ0v) is 63.3. The Balaban J connectivity index is 0.000000247. The fraction of sp³-hybridized carbons (Fsp3) is 0.105. The molecule has 0 aliphatic rings. The molecule has 0 unspecified atom stereocenters. The van der Waals surface area contributed by atoms with Crippen molar-refractivity contribution in [3.63, 3.8) is 0 Å². The van der Waals surface area contributed by atoms with Gasteiger partial charge in [0.05, 0.1) is 28.4 Å². The first-order valence-corrected chi connectivity index (χ1v) is 35.1. The highest BCUT2D eigenvalue weighted by molar-refractivity contribution is 14.0. The topological polar surface area (TPSA) is 158 Å². The Kier molecular flexibility index (Phi) is 34.3. The lowest BCUT2D eigenvalue weighted by molar-refractivity contribution is 0.410. The van der Waals surface area contributed by atoms with Crippen LogP contribution in [0.4, 0.5) is 0 Å². The quantitative estimate of drug-likeness (QED) is 0.0383. The molecule has 484 valence electrons. The van der Waals surface area contributed by atoms with Crippen molar-refractivity contribution in [2.45, 2.75) is 25.7 Å². The summed E-state index contributed by atoms with van der Waals surface area (Å²) in [4.78, 5) is 0. The fourth-order valence-corrected chi connectivity index (χ4v) is 10.8. The van der Waals surface area contributed by atoms with Gasteiger partial charge in [-0.3, -0.25) is 0 Å². The number of phenols is 6. The second kappa shape index (κ2) is 40.8. The number of hydrogen-bond donors (Lipinski definition) is 6. The van der Waals surface area contributed by atoms with Gasteiger partial charge < -0.3 is 49.6 Å². The van der Waals surface area contributed by atoms with E-state index in [1.165, 1.54) is 11.1 Å². The van der Waals surface area contributed by atoms with Gasteiger partial charge in [-0.25, -0.2) is 0 Å². The third-order valence-electron chi connectivity index (χ3n) is 13.7. The molecule has 0 fully saturated rings. The van der Waals surface area contributed by atoms with E-state index in [2.05, 4.69) is 143 Å². The van der Waals surface area contributed by atoms with Crippen LogP contribution in [0.2, 0.25) is 0 Å². The van der Waals surface area contributed by atoms with Gasteiger partial charge in [0.1, 0.15) is 57.5 Å². The Morgan fingerprint density at radius 2 is 0.484 bits per heavy atom. The van der Waals surface area contributed by atoms with Gasteiger partial charge in [0.2, 0.25) is 0 Å². The van der Waals surface area contributed by atoms with Crippen LogP contribution >= 0.6 is 116 Å². The summed E-state index contributed by atoms with van der Waals surface area (Å²) in [6.07, 6.45) is 10.5. The van der Waals surface area contributed by atoms with Crippen molar-refractivity contribution < 1.29 is 49.6 Å². The van der Waals surface area contributed by atoms with Gasteiger partial charge in [-0.2, -0.15) is 0 Å². The fourth-order valence-electron chi connectivity index (χ4n) is 9.34. The molecule has 0 aliphatic heterocycles. The number of phenolic OH excluding ortho intramolecular Hbond substituents is 6. The predicted octanol–water partition coefficient (Wildman–Crippen LogP) is 23.3. The van der Waals surface area contributed by atoms with Crippen LogP contribution < -0.4 is 18.9 Å². The van der Waals surface area contributed by atoms with Gasteiger partial charge in [-0.1, -0.05) is 149 Å².